The maximum Gasteiger partial charge on any atom is 0.282 e. The highest BCUT2D eigenvalue weighted by atomic mass is 79.9. The number of methoxy groups -OCH3 is 1. The molecule has 0 saturated carbocycles. The fraction of sp³-hybridized carbons (Fsp3) is 0.667. The Labute approximate surface area is 120 Å². The first-order valence-corrected chi connectivity index (χ1v) is 7.07. The van der Waals surface area contributed by atoms with Crippen LogP contribution in [-0.4, -0.2) is 42.1 Å². The molecule has 1 unspecified atom stereocenters. The van der Waals surface area contributed by atoms with Crippen molar-refractivity contribution in [2.45, 2.75) is 18.4 Å². The quantitative estimate of drug-likeness (QED) is 0.832. The SMILES string of the molecule is COCC1(CNc2cnn(C)c(=O)c2Br)CCCN1. The van der Waals surface area contributed by atoms with Crippen molar-refractivity contribution in [1.29, 1.82) is 0 Å². The van der Waals surface area contributed by atoms with Gasteiger partial charge in [0.25, 0.3) is 5.56 Å². The number of aryl methyl sites for hydroxylation is 1. The molecule has 0 amide bonds. The largest absolute Gasteiger partial charge is 0.383 e. The van der Waals surface area contributed by atoms with E-state index >= 15 is 0 Å². The van der Waals surface area contributed by atoms with Gasteiger partial charge in [-0.1, -0.05) is 0 Å². The minimum absolute atomic E-state index is 0.0603. The molecule has 1 aromatic rings. The predicted molar refractivity (Wildman–Crippen MR) is 77.5 cm³/mol. The van der Waals surface area contributed by atoms with E-state index in [1.807, 2.05) is 0 Å². The molecule has 0 aliphatic carbocycles. The van der Waals surface area contributed by atoms with Crippen molar-refractivity contribution in [3.63, 3.8) is 0 Å². The lowest BCUT2D eigenvalue weighted by atomic mass is 9.98. The van der Waals surface area contributed by atoms with Crippen LogP contribution < -0.4 is 16.2 Å². The van der Waals surface area contributed by atoms with Gasteiger partial charge in [0.05, 0.1) is 24.0 Å². The van der Waals surface area contributed by atoms with E-state index in [2.05, 4.69) is 31.7 Å². The number of aromatic nitrogens is 2. The van der Waals surface area contributed by atoms with Crippen LogP contribution in [-0.2, 0) is 11.8 Å². The Bertz CT molecular complexity index is 497. The molecule has 2 N–H and O–H groups in total. The van der Waals surface area contributed by atoms with Crippen LogP contribution in [0.5, 0.6) is 0 Å². The van der Waals surface area contributed by atoms with E-state index in [0.717, 1.165) is 19.4 Å². The second-order valence-corrected chi connectivity index (χ2v) is 5.69. The Kier molecular flexibility index (Phi) is 4.59. The smallest absolute Gasteiger partial charge is 0.282 e. The van der Waals surface area contributed by atoms with Gasteiger partial charge in [-0.2, -0.15) is 5.10 Å². The summed E-state index contributed by atoms with van der Waals surface area (Å²) in [5.74, 6) is 0. The molecular weight excluding hydrogens is 312 g/mol. The number of hydrogen-bond donors (Lipinski definition) is 2. The molecule has 1 atom stereocenters. The minimum atomic E-state index is -0.148. The summed E-state index contributed by atoms with van der Waals surface area (Å²) in [5, 5.41) is 10.8. The zero-order valence-electron chi connectivity index (χ0n) is 11.2. The summed E-state index contributed by atoms with van der Waals surface area (Å²) in [5.41, 5.74) is 0.507. The molecule has 1 aromatic heterocycles. The van der Waals surface area contributed by atoms with E-state index in [9.17, 15) is 4.79 Å². The van der Waals surface area contributed by atoms with Gasteiger partial charge in [-0.05, 0) is 35.3 Å². The van der Waals surface area contributed by atoms with Crippen LogP contribution in [0.2, 0.25) is 0 Å². The summed E-state index contributed by atoms with van der Waals surface area (Å²) in [4.78, 5) is 11.8. The Morgan fingerprint density at radius 2 is 2.47 bits per heavy atom. The van der Waals surface area contributed by atoms with E-state index in [4.69, 9.17) is 4.74 Å². The van der Waals surface area contributed by atoms with Crippen molar-refractivity contribution in [3.05, 3.63) is 21.0 Å². The minimum Gasteiger partial charge on any atom is -0.383 e. The van der Waals surface area contributed by atoms with Crippen molar-refractivity contribution < 1.29 is 4.74 Å². The standard InChI is InChI=1S/C12H19BrN4O2/c1-17-11(18)10(13)9(6-16-17)14-7-12(8-19-2)4-3-5-15-12/h6,14-15H,3-5,7-8H2,1-2H3. The number of nitrogens with zero attached hydrogens (tertiary/aromatic N) is 2. The topological polar surface area (TPSA) is 68.2 Å². The third-order valence-corrected chi connectivity index (χ3v) is 4.21. The Hall–Kier alpha value is -0.920. The number of ether oxygens (including phenoxy) is 1. The van der Waals surface area contributed by atoms with Crippen molar-refractivity contribution in [3.8, 4) is 0 Å². The number of halogens is 1. The van der Waals surface area contributed by atoms with Gasteiger partial charge < -0.3 is 15.4 Å². The van der Waals surface area contributed by atoms with Crippen LogP contribution in [0.3, 0.4) is 0 Å². The maximum absolute atomic E-state index is 11.8. The highest BCUT2D eigenvalue weighted by Gasteiger charge is 2.33. The summed E-state index contributed by atoms with van der Waals surface area (Å²) < 4.78 is 7.10. The number of anilines is 1. The molecule has 6 nitrogen and oxygen atoms in total. The van der Waals surface area contributed by atoms with Gasteiger partial charge in [-0.3, -0.25) is 4.79 Å². The first-order valence-electron chi connectivity index (χ1n) is 6.28. The van der Waals surface area contributed by atoms with Crippen molar-refractivity contribution in [1.82, 2.24) is 15.1 Å². The Balaban J connectivity index is 2.09. The fourth-order valence-corrected chi connectivity index (χ4v) is 2.87. The highest BCUT2D eigenvalue weighted by Crippen LogP contribution is 2.22. The van der Waals surface area contributed by atoms with Crippen molar-refractivity contribution in [2.75, 3.05) is 32.1 Å². The average Bonchev–Trinajstić information content (AvgIpc) is 2.85. The van der Waals surface area contributed by atoms with Crippen LogP contribution in [0.4, 0.5) is 5.69 Å². The van der Waals surface area contributed by atoms with E-state index < -0.39 is 0 Å². The molecule has 1 aliphatic heterocycles. The summed E-state index contributed by atoms with van der Waals surface area (Å²) in [6.45, 7) is 2.35. The Morgan fingerprint density at radius 1 is 1.68 bits per heavy atom. The lowest BCUT2D eigenvalue weighted by molar-refractivity contribution is 0.127. The van der Waals surface area contributed by atoms with E-state index in [-0.39, 0.29) is 11.1 Å². The molecule has 1 aliphatic rings. The maximum atomic E-state index is 11.8. The summed E-state index contributed by atoms with van der Waals surface area (Å²) in [6, 6.07) is 0. The molecule has 0 spiro atoms. The second-order valence-electron chi connectivity index (χ2n) is 4.90. The lowest BCUT2D eigenvalue weighted by Crippen LogP contribution is -2.49. The molecule has 19 heavy (non-hydrogen) atoms. The normalized spacial score (nSPS) is 22.7. The molecular formula is C12H19BrN4O2. The molecule has 0 radical (unpaired) electrons. The van der Waals surface area contributed by atoms with E-state index in [1.54, 1.807) is 20.4 Å². The summed E-state index contributed by atoms with van der Waals surface area (Å²) >= 11 is 3.31. The highest BCUT2D eigenvalue weighted by molar-refractivity contribution is 9.10. The third-order valence-electron chi connectivity index (χ3n) is 3.45. The number of nitrogens with one attached hydrogen (secondary N) is 2. The van der Waals surface area contributed by atoms with Crippen molar-refractivity contribution >= 4 is 21.6 Å². The van der Waals surface area contributed by atoms with Crippen LogP contribution >= 0.6 is 15.9 Å². The van der Waals surface area contributed by atoms with E-state index in [0.29, 0.717) is 23.3 Å². The fourth-order valence-electron chi connectivity index (χ4n) is 2.37. The predicted octanol–water partition coefficient (Wildman–Crippen LogP) is 0.723. The van der Waals surface area contributed by atoms with Gasteiger partial charge in [-0.25, -0.2) is 4.68 Å². The van der Waals surface area contributed by atoms with Gasteiger partial charge >= 0.3 is 0 Å². The van der Waals surface area contributed by atoms with Crippen LogP contribution in [0.25, 0.3) is 0 Å². The van der Waals surface area contributed by atoms with Gasteiger partial charge in [0, 0.05) is 20.7 Å². The molecule has 106 valence electrons. The lowest BCUT2D eigenvalue weighted by Gasteiger charge is -2.29. The molecule has 2 heterocycles. The molecule has 0 aromatic carbocycles. The van der Waals surface area contributed by atoms with Crippen molar-refractivity contribution in [2.24, 2.45) is 7.05 Å². The summed E-state index contributed by atoms with van der Waals surface area (Å²) in [7, 11) is 3.33. The number of hydrogen-bond acceptors (Lipinski definition) is 5. The molecule has 1 saturated heterocycles. The zero-order valence-corrected chi connectivity index (χ0v) is 12.8. The molecule has 0 bridgehead atoms. The van der Waals surface area contributed by atoms with Gasteiger partial charge in [-0.15, -0.1) is 0 Å². The zero-order chi connectivity index (χ0) is 13.9. The van der Waals surface area contributed by atoms with Crippen LogP contribution in [0, 0.1) is 0 Å². The monoisotopic (exact) mass is 330 g/mol. The van der Waals surface area contributed by atoms with Crippen LogP contribution in [0.15, 0.2) is 15.5 Å². The first kappa shape index (κ1) is 14.5. The molecule has 7 heteroatoms. The van der Waals surface area contributed by atoms with Gasteiger partial charge in [0.15, 0.2) is 0 Å². The second kappa shape index (κ2) is 6.02. The van der Waals surface area contributed by atoms with Gasteiger partial charge in [0.2, 0.25) is 0 Å². The summed E-state index contributed by atoms with van der Waals surface area (Å²) in [6.07, 6.45) is 3.85. The molecule has 1 fully saturated rings. The average molecular weight is 331 g/mol. The first-order chi connectivity index (χ1) is 9.08. The molecule has 2 rings (SSSR count). The van der Waals surface area contributed by atoms with Gasteiger partial charge in [0.1, 0.15) is 4.47 Å². The van der Waals surface area contributed by atoms with E-state index in [1.165, 1.54) is 4.68 Å². The number of rotatable bonds is 5. The Morgan fingerprint density at radius 3 is 3.11 bits per heavy atom. The third kappa shape index (κ3) is 3.16. The van der Waals surface area contributed by atoms with Crippen LogP contribution in [0.1, 0.15) is 12.8 Å².